The van der Waals surface area contributed by atoms with Gasteiger partial charge in [0.15, 0.2) is 16.3 Å². The zero-order valence-electron chi connectivity index (χ0n) is 27.7. The van der Waals surface area contributed by atoms with Gasteiger partial charge in [0.05, 0.1) is 35.1 Å². The number of hydrogen-bond donors (Lipinski definition) is 0. The molecule has 0 spiro atoms. The second kappa shape index (κ2) is 15.3. The third-order valence-corrected chi connectivity index (χ3v) is 8.52. The van der Waals surface area contributed by atoms with E-state index in [-0.39, 0.29) is 36.3 Å². The Hall–Kier alpha value is -4.96. The Kier molecular flexibility index (Phi) is 11.0. The molecule has 1 aliphatic rings. The van der Waals surface area contributed by atoms with Crippen molar-refractivity contribution in [3.05, 3.63) is 132 Å². The molecule has 250 valence electrons. The first-order chi connectivity index (χ1) is 23.2. The molecule has 2 heterocycles. The molecule has 0 radical (unpaired) electrons. The number of carbonyl (C=O) groups is 1. The summed E-state index contributed by atoms with van der Waals surface area (Å²) in [5.74, 6) is 0.606. The average Bonchev–Trinajstić information content (AvgIpc) is 3.34. The summed E-state index contributed by atoms with van der Waals surface area (Å²) in [6, 6.07) is 16.7. The monoisotopic (exact) mass is 670 g/mol. The smallest absolute Gasteiger partial charge is 0.338 e. The van der Waals surface area contributed by atoms with Crippen molar-refractivity contribution in [2.45, 2.75) is 59.8 Å². The molecule has 5 rings (SSSR count). The van der Waals surface area contributed by atoms with Crippen molar-refractivity contribution in [2.75, 3.05) is 13.2 Å². The minimum absolute atomic E-state index is 0.0129. The Balaban J connectivity index is 1.66. The van der Waals surface area contributed by atoms with Crippen LogP contribution in [0, 0.1) is 5.82 Å². The van der Waals surface area contributed by atoms with E-state index in [9.17, 15) is 14.0 Å². The number of benzene rings is 3. The number of esters is 1. The molecule has 10 heteroatoms. The molecule has 0 aliphatic carbocycles. The summed E-state index contributed by atoms with van der Waals surface area (Å²) in [5, 5.41) is 0. The van der Waals surface area contributed by atoms with E-state index in [4.69, 9.17) is 23.9 Å². The van der Waals surface area contributed by atoms with Gasteiger partial charge in [-0.3, -0.25) is 9.36 Å². The normalized spacial score (nSPS) is 14.4. The van der Waals surface area contributed by atoms with E-state index in [0.29, 0.717) is 62.0 Å². The topological polar surface area (TPSA) is 88.4 Å². The van der Waals surface area contributed by atoms with E-state index in [2.05, 4.69) is 6.58 Å². The van der Waals surface area contributed by atoms with E-state index in [0.717, 1.165) is 5.56 Å². The molecule has 1 aliphatic heterocycles. The molecule has 48 heavy (non-hydrogen) atoms. The quantitative estimate of drug-likeness (QED) is 0.120. The van der Waals surface area contributed by atoms with Crippen LogP contribution in [-0.4, -0.2) is 29.9 Å². The van der Waals surface area contributed by atoms with Crippen LogP contribution in [0.1, 0.15) is 62.9 Å². The van der Waals surface area contributed by atoms with E-state index < -0.39 is 12.0 Å². The lowest BCUT2D eigenvalue weighted by atomic mass is 9.95. The Bertz CT molecular complexity index is 2040. The van der Waals surface area contributed by atoms with Crippen molar-refractivity contribution in [1.82, 2.24) is 4.57 Å². The minimum atomic E-state index is -0.818. The molecule has 0 N–H and O–H groups in total. The van der Waals surface area contributed by atoms with Gasteiger partial charge in [0.1, 0.15) is 24.2 Å². The molecule has 0 amide bonds. The number of hydrogen-bond acceptors (Lipinski definition) is 8. The summed E-state index contributed by atoms with van der Waals surface area (Å²) < 4.78 is 40.0. The van der Waals surface area contributed by atoms with Crippen molar-refractivity contribution in [3.8, 4) is 17.2 Å². The van der Waals surface area contributed by atoms with Crippen molar-refractivity contribution >= 4 is 23.4 Å². The molecular formula is C38H39FN2O6S. The van der Waals surface area contributed by atoms with Crippen LogP contribution in [0.4, 0.5) is 4.39 Å². The Morgan fingerprint density at radius 3 is 2.50 bits per heavy atom. The molecule has 4 aromatic rings. The van der Waals surface area contributed by atoms with Gasteiger partial charge in [-0.25, -0.2) is 14.2 Å². The maximum Gasteiger partial charge on any atom is 0.338 e. The van der Waals surface area contributed by atoms with Crippen LogP contribution >= 0.6 is 11.3 Å². The second-order valence-corrected chi connectivity index (χ2v) is 12.3. The molecule has 0 saturated heterocycles. The van der Waals surface area contributed by atoms with Crippen molar-refractivity contribution in [3.63, 3.8) is 0 Å². The number of carbonyl (C=O) groups excluding carboxylic acids is 1. The molecule has 0 bridgehead atoms. The highest BCUT2D eigenvalue weighted by Crippen LogP contribution is 2.37. The van der Waals surface area contributed by atoms with Gasteiger partial charge >= 0.3 is 5.97 Å². The van der Waals surface area contributed by atoms with Gasteiger partial charge in [-0.1, -0.05) is 53.8 Å². The zero-order valence-corrected chi connectivity index (χ0v) is 28.6. The van der Waals surface area contributed by atoms with Gasteiger partial charge in [-0.15, -0.1) is 6.58 Å². The molecule has 0 saturated carbocycles. The largest absolute Gasteiger partial charge is 0.491 e. The average molecular weight is 671 g/mol. The molecule has 1 aromatic heterocycles. The van der Waals surface area contributed by atoms with Crippen LogP contribution in [0.3, 0.4) is 0 Å². The summed E-state index contributed by atoms with van der Waals surface area (Å²) in [6.45, 7) is 13.6. The minimum Gasteiger partial charge on any atom is -0.491 e. The van der Waals surface area contributed by atoms with Gasteiger partial charge in [0.2, 0.25) is 0 Å². The van der Waals surface area contributed by atoms with E-state index in [1.54, 1.807) is 50.3 Å². The highest BCUT2D eigenvalue weighted by atomic mass is 32.1. The van der Waals surface area contributed by atoms with Crippen molar-refractivity contribution in [2.24, 2.45) is 4.99 Å². The van der Waals surface area contributed by atoms with Crippen LogP contribution < -0.4 is 29.1 Å². The summed E-state index contributed by atoms with van der Waals surface area (Å²) >= 11 is 1.22. The van der Waals surface area contributed by atoms with Gasteiger partial charge in [0.25, 0.3) is 5.56 Å². The zero-order chi connectivity index (χ0) is 34.4. The number of para-hydroxylation sites is 1. The number of fused-ring (bicyclic) bond motifs is 1. The first kappa shape index (κ1) is 34.4. The van der Waals surface area contributed by atoms with E-state index in [1.165, 1.54) is 22.0 Å². The highest BCUT2D eigenvalue weighted by Gasteiger charge is 2.35. The maximum absolute atomic E-state index is 14.4. The number of rotatable bonds is 13. The Morgan fingerprint density at radius 1 is 1.04 bits per heavy atom. The Labute approximate surface area is 283 Å². The number of allylic oxidation sites excluding steroid dienone is 2. The van der Waals surface area contributed by atoms with E-state index >= 15 is 0 Å². The molecule has 0 fully saturated rings. The lowest BCUT2D eigenvalue weighted by Gasteiger charge is -2.26. The summed E-state index contributed by atoms with van der Waals surface area (Å²) in [4.78, 5) is 32.8. The second-order valence-electron chi connectivity index (χ2n) is 11.3. The van der Waals surface area contributed by atoms with Crippen LogP contribution in [-0.2, 0) is 22.6 Å². The number of ether oxygens (including phenoxy) is 4. The predicted octanol–water partition coefficient (Wildman–Crippen LogP) is 6.43. The number of halogens is 1. The fourth-order valence-corrected chi connectivity index (χ4v) is 6.62. The van der Waals surface area contributed by atoms with Crippen LogP contribution in [0.5, 0.6) is 17.2 Å². The molecule has 3 aromatic carbocycles. The number of aromatic nitrogens is 1. The fraction of sp³-hybridized carbons (Fsp3) is 0.289. The van der Waals surface area contributed by atoms with Crippen molar-refractivity contribution in [1.29, 1.82) is 0 Å². The van der Waals surface area contributed by atoms with Gasteiger partial charge < -0.3 is 18.9 Å². The van der Waals surface area contributed by atoms with Crippen molar-refractivity contribution < 1.29 is 28.1 Å². The Morgan fingerprint density at radius 2 is 1.79 bits per heavy atom. The van der Waals surface area contributed by atoms with Crippen LogP contribution in [0.15, 0.2) is 94.4 Å². The highest BCUT2D eigenvalue weighted by molar-refractivity contribution is 7.07. The fourth-order valence-electron chi connectivity index (χ4n) is 5.57. The van der Waals surface area contributed by atoms with Gasteiger partial charge in [0, 0.05) is 16.7 Å². The summed E-state index contributed by atoms with van der Waals surface area (Å²) in [6.07, 6.45) is 3.83. The molecule has 8 nitrogen and oxygen atoms in total. The lowest BCUT2D eigenvalue weighted by Crippen LogP contribution is -2.40. The maximum atomic E-state index is 14.4. The number of thiazole rings is 1. The standard InChI is InChI=1S/C38H39FN2O6S/c1-7-14-26-19-25(20-31(44-8-2)35(26)46-22-27-15-10-12-17-29(27)39)21-32-36(42)41-34(28-16-11-13-18-30(28)47-23(4)5)33(37(43)45-9-3)24(6)40-38(41)48-32/h7,10-13,15-21,23,34H,1,8-9,14,22H2,2-6H3/b32-21+/t34-/m1/s1. The predicted molar refractivity (Wildman–Crippen MR) is 185 cm³/mol. The SMILES string of the molecule is C=CCc1cc(/C=c2/sc3n(c2=O)[C@H](c2ccccc2OC(C)C)C(C(=O)OCC)=C(C)N=3)cc(OCC)c1OCc1ccccc1F. The molecule has 1 atom stereocenters. The summed E-state index contributed by atoms with van der Waals surface area (Å²) in [7, 11) is 0. The van der Waals surface area contributed by atoms with Crippen LogP contribution in [0.25, 0.3) is 6.08 Å². The summed E-state index contributed by atoms with van der Waals surface area (Å²) in [5.41, 5.74) is 2.96. The molecular weight excluding hydrogens is 631 g/mol. The number of nitrogens with zero attached hydrogens (tertiary/aromatic N) is 2. The van der Waals surface area contributed by atoms with Gasteiger partial charge in [-0.05, 0) is 76.9 Å². The first-order valence-electron chi connectivity index (χ1n) is 15.9. The first-order valence-corrected chi connectivity index (χ1v) is 16.7. The van der Waals surface area contributed by atoms with Gasteiger partial charge in [-0.2, -0.15) is 0 Å². The lowest BCUT2D eigenvalue weighted by molar-refractivity contribution is -0.139. The van der Waals surface area contributed by atoms with Crippen LogP contribution in [0.2, 0.25) is 0 Å². The molecule has 0 unspecified atom stereocenters. The third-order valence-electron chi connectivity index (χ3n) is 7.54. The van der Waals surface area contributed by atoms with E-state index in [1.807, 2.05) is 51.1 Å². The third kappa shape index (κ3) is 7.28.